The highest BCUT2D eigenvalue weighted by molar-refractivity contribution is 7.13. The molecule has 0 radical (unpaired) electrons. The third-order valence-electron chi connectivity index (χ3n) is 3.50. The molecule has 0 aliphatic rings. The number of hydrogen-bond donors (Lipinski definition) is 1. The van der Waals surface area contributed by atoms with Crippen molar-refractivity contribution in [2.45, 2.75) is 6.54 Å². The van der Waals surface area contributed by atoms with Crippen molar-refractivity contribution in [1.82, 2.24) is 10.3 Å². The lowest BCUT2D eigenvalue weighted by Crippen LogP contribution is -2.28. The van der Waals surface area contributed by atoms with E-state index in [4.69, 9.17) is 16.3 Å². The van der Waals surface area contributed by atoms with E-state index in [1.165, 1.54) is 11.3 Å². The molecule has 3 rings (SSSR count). The third kappa shape index (κ3) is 4.68. The van der Waals surface area contributed by atoms with Crippen molar-refractivity contribution in [1.29, 1.82) is 0 Å². The molecule has 0 fully saturated rings. The first-order valence-electron chi connectivity index (χ1n) is 7.81. The molecular formula is C19H15ClN2O3S. The van der Waals surface area contributed by atoms with Crippen LogP contribution in [0.25, 0.3) is 10.6 Å². The molecule has 0 bridgehead atoms. The minimum atomic E-state index is -0.628. The van der Waals surface area contributed by atoms with Crippen molar-refractivity contribution in [3.8, 4) is 10.6 Å². The summed E-state index contributed by atoms with van der Waals surface area (Å²) in [6, 6.07) is 16.7. The lowest BCUT2D eigenvalue weighted by molar-refractivity contribution is -0.124. The number of benzene rings is 2. The second kappa shape index (κ2) is 8.60. The van der Waals surface area contributed by atoms with E-state index < -0.39 is 11.9 Å². The van der Waals surface area contributed by atoms with Crippen molar-refractivity contribution in [2.75, 3.05) is 6.61 Å². The average molecular weight is 387 g/mol. The molecule has 7 heteroatoms. The van der Waals surface area contributed by atoms with Crippen LogP contribution in [0.5, 0.6) is 0 Å². The van der Waals surface area contributed by atoms with Gasteiger partial charge in [-0.2, -0.15) is 0 Å². The van der Waals surface area contributed by atoms with Crippen molar-refractivity contribution in [2.24, 2.45) is 0 Å². The summed E-state index contributed by atoms with van der Waals surface area (Å²) < 4.78 is 5.02. The standard InChI is InChI=1S/C19H15ClN2O3S/c20-15-9-5-4-8-14(15)10-21-17(23)11-25-19(24)16-12-26-18(22-16)13-6-2-1-3-7-13/h1-9,12H,10-11H2,(H,21,23). The SMILES string of the molecule is O=C(COC(=O)c1csc(-c2ccccc2)n1)NCc1ccccc1Cl. The molecule has 1 amide bonds. The Morgan fingerprint density at radius 3 is 2.58 bits per heavy atom. The zero-order chi connectivity index (χ0) is 18.4. The van der Waals surface area contributed by atoms with Crippen LogP contribution in [-0.2, 0) is 16.1 Å². The number of thiazole rings is 1. The van der Waals surface area contributed by atoms with Crippen molar-refractivity contribution < 1.29 is 14.3 Å². The average Bonchev–Trinajstić information content (AvgIpc) is 3.16. The van der Waals surface area contributed by atoms with Gasteiger partial charge >= 0.3 is 5.97 Å². The largest absolute Gasteiger partial charge is 0.451 e. The highest BCUT2D eigenvalue weighted by atomic mass is 35.5. The fourth-order valence-corrected chi connectivity index (χ4v) is 3.17. The number of halogens is 1. The van der Waals surface area contributed by atoms with Crippen molar-refractivity contribution >= 4 is 34.8 Å². The first-order chi connectivity index (χ1) is 12.6. The van der Waals surface area contributed by atoms with Crippen LogP contribution >= 0.6 is 22.9 Å². The van der Waals surface area contributed by atoms with Gasteiger partial charge in [0.2, 0.25) is 0 Å². The minimum Gasteiger partial charge on any atom is -0.451 e. The predicted molar refractivity (Wildman–Crippen MR) is 101 cm³/mol. The van der Waals surface area contributed by atoms with Crippen LogP contribution in [0.15, 0.2) is 60.0 Å². The minimum absolute atomic E-state index is 0.188. The lowest BCUT2D eigenvalue weighted by atomic mass is 10.2. The Labute approximate surface area is 159 Å². The van der Waals surface area contributed by atoms with Gasteiger partial charge in [0.15, 0.2) is 12.3 Å². The topological polar surface area (TPSA) is 68.3 Å². The molecule has 0 aliphatic carbocycles. The Bertz CT molecular complexity index is 912. The van der Waals surface area contributed by atoms with Crippen LogP contribution in [-0.4, -0.2) is 23.5 Å². The monoisotopic (exact) mass is 386 g/mol. The Morgan fingerprint density at radius 1 is 1.08 bits per heavy atom. The number of rotatable bonds is 6. The Kier molecular flexibility index (Phi) is 5.99. The maximum absolute atomic E-state index is 12.0. The second-order valence-corrected chi connectivity index (χ2v) is 6.61. The molecule has 26 heavy (non-hydrogen) atoms. The molecule has 132 valence electrons. The number of nitrogens with zero attached hydrogens (tertiary/aromatic N) is 1. The molecular weight excluding hydrogens is 372 g/mol. The van der Waals surface area contributed by atoms with Gasteiger partial charge < -0.3 is 10.1 Å². The van der Waals surface area contributed by atoms with E-state index >= 15 is 0 Å². The third-order valence-corrected chi connectivity index (χ3v) is 4.76. The normalized spacial score (nSPS) is 10.3. The fraction of sp³-hybridized carbons (Fsp3) is 0.105. The van der Waals surface area contributed by atoms with E-state index in [-0.39, 0.29) is 18.8 Å². The molecule has 3 aromatic rings. The van der Waals surface area contributed by atoms with Crippen LogP contribution in [0.4, 0.5) is 0 Å². The Hall–Kier alpha value is -2.70. The molecule has 2 aromatic carbocycles. The summed E-state index contributed by atoms with van der Waals surface area (Å²) in [7, 11) is 0. The number of hydrogen-bond acceptors (Lipinski definition) is 5. The van der Waals surface area contributed by atoms with Gasteiger partial charge in [-0.15, -0.1) is 11.3 Å². The molecule has 0 saturated heterocycles. The number of amides is 1. The maximum atomic E-state index is 12.0. The summed E-state index contributed by atoms with van der Waals surface area (Å²) in [6.07, 6.45) is 0. The summed E-state index contributed by atoms with van der Waals surface area (Å²) >= 11 is 7.37. The van der Waals surface area contributed by atoms with Gasteiger partial charge in [0.1, 0.15) is 5.01 Å². The van der Waals surface area contributed by atoms with Crippen molar-refractivity contribution in [3.05, 3.63) is 76.3 Å². The predicted octanol–water partition coefficient (Wildman–Crippen LogP) is 3.94. The number of carbonyl (C=O) groups is 2. The highest BCUT2D eigenvalue weighted by Crippen LogP contribution is 2.23. The Balaban J connectivity index is 1.50. The van der Waals surface area contributed by atoms with Crippen molar-refractivity contribution in [3.63, 3.8) is 0 Å². The molecule has 0 atom stereocenters. The number of ether oxygens (including phenoxy) is 1. The first-order valence-corrected chi connectivity index (χ1v) is 9.07. The number of esters is 1. The van der Waals surface area contributed by atoms with Gasteiger partial charge in [-0.25, -0.2) is 9.78 Å². The van der Waals surface area contributed by atoms with Gasteiger partial charge in [-0.3, -0.25) is 4.79 Å². The summed E-state index contributed by atoms with van der Waals surface area (Å²) in [6.45, 7) is -0.105. The second-order valence-electron chi connectivity index (χ2n) is 5.35. The number of carbonyl (C=O) groups excluding carboxylic acids is 2. The van der Waals surface area contributed by atoms with Gasteiger partial charge in [-0.1, -0.05) is 60.1 Å². The van der Waals surface area contributed by atoms with E-state index in [0.29, 0.717) is 5.02 Å². The van der Waals surface area contributed by atoms with E-state index in [9.17, 15) is 9.59 Å². The smallest absolute Gasteiger partial charge is 0.358 e. The lowest BCUT2D eigenvalue weighted by Gasteiger charge is -2.07. The van der Waals surface area contributed by atoms with E-state index in [2.05, 4.69) is 10.3 Å². The van der Waals surface area contributed by atoms with Crippen LogP contribution in [0.3, 0.4) is 0 Å². The van der Waals surface area contributed by atoms with E-state index in [0.717, 1.165) is 16.1 Å². The van der Waals surface area contributed by atoms with Crippen LogP contribution in [0.2, 0.25) is 5.02 Å². The summed E-state index contributed by atoms with van der Waals surface area (Å²) in [5.41, 5.74) is 1.91. The quantitative estimate of drug-likeness (QED) is 0.651. The molecule has 0 unspecified atom stereocenters. The molecule has 1 N–H and O–H groups in total. The number of nitrogens with one attached hydrogen (secondary N) is 1. The molecule has 1 heterocycles. The van der Waals surface area contributed by atoms with Crippen LogP contribution in [0, 0.1) is 0 Å². The maximum Gasteiger partial charge on any atom is 0.358 e. The fourth-order valence-electron chi connectivity index (χ4n) is 2.17. The highest BCUT2D eigenvalue weighted by Gasteiger charge is 2.15. The van der Waals surface area contributed by atoms with Gasteiger partial charge in [-0.05, 0) is 11.6 Å². The van der Waals surface area contributed by atoms with Crippen LogP contribution in [0.1, 0.15) is 16.1 Å². The molecule has 0 saturated carbocycles. The van der Waals surface area contributed by atoms with Gasteiger partial charge in [0.25, 0.3) is 5.91 Å². The zero-order valence-corrected chi connectivity index (χ0v) is 15.2. The molecule has 0 spiro atoms. The molecule has 0 aliphatic heterocycles. The van der Waals surface area contributed by atoms with Gasteiger partial charge in [0.05, 0.1) is 0 Å². The van der Waals surface area contributed by atoms with E-state index in [1.807, 2.05) is 48.5 Å². The number of aromatic nitrogens is 1. The Morgan fingerprint density at radius 2 is 1.81 bits per heavy atom. The summed E-state index contributed by atoms with van der Waals surface area (Å²) in [5, 5.41) is 5.57. The van der Waals surface area contributed by atoms with E-state index in [1.54, 1.807) is 11.4 Å². The summed E-state index contributed by atoms with van der Waals surface area (Å²) in [4.78, 5) is 28.1. The first kappa shape index (κ1) is 18.1. The van der Waals surface area contributed by atoms with Gasteiger partial charge in [0, 0.05) is 22.5 Å². The van der Waals surface area contributed by atoms with Crippen LogP contribution < -0.4 is 5.32 Å². The zero-order valence-electron chi connectivity index (χ0n) is 13.6. The summed E-state index contributed by atoms with van der Waals surface area (Å²) in [5.74, 6) is -1.03. The molecule has 5 nitrogen and oxygen atoms in total. The molecule has 1 aromatic heterocycles.